The van der Waals surface area contributed by atoms with Crippen LogP contribution < -0.4 is 20.1 Å². The van der Waals surface area contributed by atoms with E-state index in [1.807, 2.05) is 24.3 Å². The van der Waals surface area contributed by atoms with Crippen molar-refractivity contribution < 1.29 is 32.2 Å². The van der Waals surface area contributed by atoms with Crippen molar-refractivity contribution in [2.75, 3.05) is 38.0 Å². The summed E-state index contributed by atoms with van der Waals surface area (Å²) in [5, 5.41) is 11.1. The number of benzene rings is 2. The summed E-state index contributed by atoms with van der Waals surface area (Å²) in [6, 6.07) is 17.1. The zero-order valence-electron chi connectivity index (χ0n) is 23.2. The highest BCUT2D eigenvalue weighted by atomic mass is 19.4. The SMILES string of the molecule is COCCNc1nn(Cc2ccc(OC)cc2)c2nccc(Oc3ccc(C(=O)Nc4cc(C(F)(F)F)ccn4)cc3)c12. The third-order valence-corrected chi connectivity index (χ3v) is 6.36. The van der Waals surface area contributed by atoms with Crippen LogP contribution in [0.15, 0.2) is 79.1 Å². The number of nitrogens with zero attached hydrogens (tertiary/aromatic N) is 4. The molecule has 13 heteroatoms. The molecular weight excluding hydrogens is 565 g/mol. The molecule has 2 aromatic carbocycles. The van der Waals surface area contributed by atoms with Gasteiger partial charge in [0.2, 0.25) is 0 Å². The maximum absolute atomic E-state index is 13.0. The fourth-order valence-corrected chi connectivity index (χ4v) is 4.23. The van der Waals surface area contributed by atoms with Gasteiger partial charge in [-0.25, -0.2) is 14.6 Å². The first-order valence-electron chi connectivity index (χ1n) is 13.1. The molecule has 3 heterocycles. The van der Waals surface area contributed by atoms with Crippen LogP contribution in [0.4, 0.5) is 24.8 Å². The number of alkyl halides is 3. The number of hydrogen-bond acceptors (Lipinski definition) is 8. The van der Waals surface area contributed by atoms with Crippen molar-refractivity contribution in [1.29, 1.82) is 0 Å². The number of methoxy groups -OCH3 is 2. The molecule has 10 nitrogen and oxygen atoms in total. The minimum absolute atomic E-state index is 0.209. The van der Waals surface area contributed by atoms with Gasteiger partial charge in [0.15, 0.2) is 11.5 Å². The van der Waals surface area contributed by atoms with Crippen molar-refractivity contribution in [3.8, 4) is 17.2 Å². The van der Waals surface area contributed by atoms with E-state index in [4.69, 9.17) is 19.3 Å². The number of carbonyl (C=O) groups excluding carboxylic acids is 1. The molecule has 0 radical (unpaired) electrons. The maximum atomic E-state index is 13.0. The van der Waals surface area contributed by atoms with Gasteiger partial charge in [0.1, 0.15) is 28.5 Å². The summed E-state index contributed by atoms with van der Waals surface area (Å²) in [7, 11) is 3.22. The predicted octanol–water partition coefficient (Wildman–Crippen LogP) is 6.00. The van der Waals surface area contributed by atoms with E-state index in [1.54, 1.807) is 43.3 Å². The van der Waals surface area contributed by atoms with Crippen LogP contribution in [-0.2, 0) is 17.5 Å². The molecule has 0 spiro atoms. The van der Waals surface area contributed by atoms with Crippen molar-refractivity contribution in [1.82, 2.24) is 19.7 Å². The molecule has 0 saturated carbocycles. The minimum Gasteiger partial charge on any atom is -0.497 e. The Balaban J connectivity index is 1.37. The standard InChI is InChI=1S/C30H27F3N6O4/c1-41-16-15-35-27-26-24(12-14-36-28(26)39(38-27)18-19-3-7-22(42-2)8-4-19)43-23-9-5-20(6-10-23)29(40)37-25-17-21(11-13-34-25)30(31,32)33/h3-14,17H,15-16,18H2,1-2H3,(H,35,38)(H,34,37,40). The Morgan fingerprint density at radius 1 is 0.930 bits per heavy atom. The van der Waals surface area contributed by atoms with Gasteiger partial charge in [-0.1, -0.05) is 12.1 Å². The van der Waals surface area contributed by atoms with Crippen LogP contribution in [0.25, 0.3) is 11.0 Å². The van der Waals surface area contributed by atoms with Gasteiger partial charge in [-0.15, -0.1) is 0 Å². The van der Waals surface area contributed by atoms with Gasteiger partial charge in [-0.2, -0.15) is 18.3 Å². The third-order valence-electron chi connectivity index (χ3n) is 6.36. The van der Waals surface area contributed by atoms with E-state index < -0.39 is 17.6 Å². The Hall–Kier alpha value is -5.17. The molecule has 0 aliphatic carbocycles. The Morgan fingerprint density at radius 2 is 1.65 bits per heavy atom. The van der Waals surface area contributed by atoms with Gasteiger partial charge < -0.3 is 24.8 Å². The highest BCUT2D eigenvalue weighted by Gasteiger charge is 2.31. The van der Waals surface area contributed by atoms with Crippen LogP contribution in [-0.4, -0.2) is 53.0 Å². The van der Waals surface area contributed by atoms with Crippen LogP contribution in [0.3, 0.4) is 0 Å². The smallest absolute Gasteiger partial charge is 0.416 e. The van der Waals surface area contributed by atoms with E-state index in [2.05, 4.69) is 20.6 Å². The molecule has 0 bridgehead atoms. The maximum Gasteiger partial charge on any atom is 0.416 e. The predicted molar refractivity (Wildman–Crippen MR) is 154 cm³/mol. The van der Waals surface area contributed by atoms with Gasteiger partial charge in [-0.05, 0) is 54.1 Å². The number of hydrogen-bond donors (Lipinski definition) is 2. The summed E-state index contributed by atoms with van der Waals surface area (Å²) in [6.45, 7) is 1.42. The Kier molecular flexibility index (Phi) is 8.71. The summed E-state index contributed by atoms with van der Waals surface area (Å²) in [5.41, 5.74) is 0.892. The number of nitrogens with one attached hydrogen (secondary N) is 2. The molecule has 0 aliphatic heterocycles. The fraction of sp³-hybridized carbons (Fsp3) is 0.200. The molecule has 0 aliphatic rings. The monoisotopic (exact) mass is 592 g/mol. The van der Waals surface area contributed by atoms with E-state index >= 15 is 0 Å². The number of rotatable bonds is 11. The van der Waals surface area contributed by atoms with E-state index in [-0.39, 0.29) is 11.4 Å². The quantitative estimate of drug-likeness (QED) is 0.180. The molecule has 2 N–H and O–H groups in total. The van der Waals surface area contributed by atoms with Gasteiger partial charge in [0.05, 0.1) is 25.8 Å². The average Bonchev–Trinajstić information content (AvgIpc) is 3.35. The van der Waals surface area contributed by atoms with Crippen molar-refractivity contribution in [2.24, 2.45) is 0 Å². The zero-order chi connectivity index (χ0) is 30.4. The number of fused-ring (bicyclic) bond motifs is 1. The molecule has 0 saturated heterocycles. The fourth-order valence-electron chi connectivity index (χ4n) is 4.23. The number of anilines is 2. The lowest BCUT2D eigenvalue weighted by molar-refractivity contribution is -0.137. The van der Waals surface area contributed by atoms with Crippen molar-refractivity contribution in [3.05, 3.63) is 95.8 Å². The highest BCUT2D eigenvalue weighted by Crippen LogP contribution is 2.35. The Morgan fingerprint density at radius 3 is 2.35 bits per heavy atom. The summed E-state index contributed by atoms with van der Waals surface area (Å²) in [5.74, 6) is 1.39. The lowest BCUT2D eigenvalue weighted by atomic mass is 10.2. The largest absolute Gasteiger partial charge is 0.497 e. The summed E-state index contributed by atoms with van der Waals surface area (Å²) in [4.78, 5) is 21.0. The van der Waals surface area contributed by atoms with Gasteiger partial charge >= 0.3 is 6.18 Å². The van der Waals surface area contributed by atoms with Crippen LogP contribution in [0.1, 0.15) is 21.5 Å². The second-order valence-electron chi connectivity index (χ2n) is 9.29. The minimum atomic E-state index is -4.55. The third kappa shape index (κ3) is 7.01. The summed E-state index contributed by atoms with van der Waals surface area (Å²) >= 11 is 0. The molecule has 0 unspecified atom stereocenters. The first-order chi connectivity index (χ1) is 20.7. The number of aromatic nitrogens is 4. The lowest BCUT2D eigenvalue weighted by Gasteiger charge is -2.10. The van der Waals surface area contributed by atoms with Crippen molar-refractivity contribution in [2.45, 2.75) is 12.7 Å². The second kappa shape index (κ2) is 12.8. The van der Waals surface area contributed by atoms with Crippen LogP contribution in [0.5, 0.6) is 17.2 Å². The summed E-state index contributed by atoms with van der Waals surface area (Å²) in [6.07, 6.45) is -1.94. The van der Waals surface area contributed by atoms with Crippen LogP contribution >= 0.6 is 0 Å². The molecule has 1 amide bonds. The molecule has 5 aromatic rings. The van der Waals surface area contributed by atoms with E-state index in [9.17, 15) is 18.0 Å². The first-order valence-corrected chi connectivity index (χ1v) is 13.1. The van der Waals surface area contributed by atoms with E-state index in [0.717, 1.165) is 29.6 Å². The van der Waals surface area contributed by atoms with Crippen molar-refractivity contribution in [3.63, 3.8) is 0 Å². The molecule has 5 rings (SSSR count). The van der Waals surface area contributed by atoms with Gasteiger partial charge in [0.25, 0.3) is 5.91 Å². The van der Waals surface area contributed by atoms with E-state index in [1.165, 1.54) is 12.1 Å². The molecule has 0 fully saturated rings. The van der Waals surface area contributed by atoms with Crippen molar-refractivity contribution >= 4 is 28.6 Å². The first kappa shape index (κ1) is 29.3. The number of pyridine rings is 2. The molecular formula is C30H27F3N6O4. The molecule has 222 valence electrons. The van der Waals surface area contributed by atoms with Crippen LogP contribution in [0, 0.1) is 0 Å². The zero-order valence-corrected chi connectivity index (χ0v) is 23.2. The topological polar surface area (TPSA) is 112 Å². The number of amides is 1. The second-order valence-corrected chi connectivity index (χ2v) is 9.29. The number of halogens is 3. The van der Waals surface area contributed by atoms with Crippen LogP contribution in [0.2, 0.25) is 0 Å². The molecule has 3 aromatic heterocycles. The molecule has 0 atom stereocenters. The number of carbonyl (C=O) groups is 1. The highest BCUT2D eigenvalue weighted by molar-refractivity contribution is 6.03. The lowest BCUT2D eigenvalue weighted by Crippen LogP contribution is -2.14. The van der Waals surface area contributed by atoms with Gasteiger partial charge in [-0.3, -0.25) is 4.79 Å². The molecule has 43 heavy (non-hydrogen) atoms. The number of ether oxygens (including phenoxy) is 3. The normalized spacial score (nSPS) is 11.4. The Labute approximate surface area is 244 Å². The van der Waals surface area contributed by atoms with E-state index in [0.29, 0.717) is 48.0 Å². The average molecular weight is 593 g/mol. The van der Waals surface area contributed by atoms with Gasteiger partial charge in [0, 0.05) is 37.7 Å². The summed E-state index contributed by atoms with van der Waals surface area (Å²) < 4.78 is 57.4. The Bertz CT molecular complexity index is 1710.